The van der Waals surface area contributed by atoms with E-state index < -0.39 is 11.5 Å². The Morgan fingerprint density at radius 2 is 1.96 bits per heavy atom. The fraction of sp³-hybridized carbons (Fsp3) is 0.556. The van der Waals surface area contributed by atoms with Crippen LogP contribution in [0.25, 0.3) is 0 Å². The number of carboxylic acids is 1. The molecule has 5 nitrogen and oxygen atoms in total. The van der Waals surface area contributed by atoms with Crippen molar-refractivity contribution in [2.45, 2.75) is 51.6 Å². The molecule has 1 fully saturated rings. The number of carboxylic acid groups (broad SMARTS) is 1. The van der Waals surface area contributed by atoms with Crippen molar-refractivity contribution in [2.24, 2.45) is 5.92 Å². The molecule has 5 heteroatoms. The molecule has 0 radical (unpaired) electrons. The largest absolute Gasteiger partial charge is 0.478 e. The van der Waals surface area contributed by atoms with Gasteiger partial charge in [0.2, 0.25) is 5.91 Å². The molecule has 2 rings (SSSR count). The van der Waals surface area contributed by atoms with E-state index in [1.54, 1.807) is 18.2 Å². The van der Waals surface area contributed by atoms with Gasteiger partial charge in [-0.25, -0.2) is 4.79 Å². The summed E-state index contributed by atoms with van der Waals surface area (Å²) in [5.41, 5.74) is 0.409. The number of amides is 1. The minimum Gasteiger partial charge on any atom is -0.478 e. The lowest BCUT2D eigenvalue weighted by molar-refractivity contribution is -0.126. The van der Waals surface area contributed by atoms with Crippen LogP contribution >= 0.6 is 0 Å². The van der Waals surface area contributed by atoms with Gasteiger partial charge in [0.1, 0.15) is 0 Å². The monoisotopic (exact) mass is 318 g/mol. The maximum absolute atomic E-state index is 12.4. The van der Waals surface area contributed by atoms with Crippen LogP contribution in [0, 0.1) is 5.92 Å². The normalized spacial score (nSPS) is 15.6. The topological polar surface area (TPSA) is 78.4 Å². The van der Waals surface area contributed by atoms with Crippen molar-refractivity contribution >= 4 is 11.9 Å². The lowest BCUT2D eigenvalue weighted by Gasteiger charge is -2.26. The van der Waals surface area contributed by atoms with E-state index >= 15 is 0 Å². The summed E-state index contributed by atoms with van der Waals surface area (Å²) in [6, 6.07) is 6.76. The molecule has 1 aromatic carbocycles. The average molecular weight is 318 g/mol. The molecule has 0 heterocycles. The second kappa shape index (κ2) is 7.59. The summed E-state index contributed by atoms with van der Waals surface area (Å²) < 4.78 is 0. The highest BCUT2D eigenvalue weighted by molar-refractivity contribution is 5.87. The molecule has 126 valence electrons. The first-order valence-corrected chi connectivity index (χ1v) is 8.24. The van der Waals surface area contributed by atoms with Gasteiger partial charge in [0.05, 0.1) is 11.1 Å². The maximum atomic E-state index is 12.4. The third-order valence-electron chi connectivity index (χ3n) is 4.50. The molecular weight excluding hydrogens is 292 g/mol. The van der Waals surface area contributed by atoms with Gasteiger partial charge in [0.25, 0.3) is 0 Å². The van der Waals surface area contributed by atoms with Crippen LogP contribution in [-0.2, 0) is 11.3 Å². The lowest BCUT2D eigenvalue weighted by atomic mass is 10.0. The molecule has 1 aromatic rings. The number of rotatable bonds is 7. The molecule has 0 aromatic heterocycles. The highest BCUT2D eigenvalue weighted by atomic mass is 16.4. The zero-order valence-corrected chi connectivity index (χ0v) is 13.9. The SMILES string of the molecule is CC(C)(NCc1cccc(C(=O)O)c1)C(=O)NCC1CCCC1. The predicted octanol–water partition coefficient (Wildman–Crippen LogP) is 2.56. The van der Waals surface area contributed by atoms with Gasteiger partial charge in [-0.2, -0.15) is 0 Å². The van der Waals surface area contributed by atoms with Gasteiger partial charge in [-0.3, -0.25) is 10.1 Å². The molecule has 1 aliphatic carbocycles. The van der Waals surface area contributed by atoms with E-state index in [2.05, 4.69) is 10.6 Å². The second-order valence-electron chi connectivity index (χ2n) is 6.84. The Kier molecular flexibility index (Phi) is 5.77. The van der Waals surface area contributed by atoms with Crippen LogP contribution in [0.1, 0.15) is 55.5 Å². The second-order valence-corrected chi connectivity index (χ2v) is 6.84. The van der Waals surface area contributed by atoms with Crippen LogP contribution in [0.3, 0.4) is 0 Å². The summed E-state index contributed by atoms with van der Waals surface area (Å²) in [7, 11) is 0. The van der Waals surface area contributed by atoms with Crippen molar-refractivity contribution < 1.29 is 14.7 Å². The minimum atomic E-state index is -0.944. The number of hydrogen-bond donors (Lipinski definition) is 3. The van der Waals surface area contributed by atoms with Gasteiger partial charge in [-0.15, -0.1) is 0 Å². The van der Waals surface area contributed by atoms with E-state index in [0.717, 1.165) is 12.1 Å². The Labute approximate surface area is 137 Å². The molecule has 1 saturated carbocycles. The van der Waals surface area contributed by atoms with Crippen LogP contribution in [0.2, 0.25) is 0 Å². The Balaban J connectivity index is 1.85. The number of hydrogen-bond acceptors (Lipinski definition) is 3. The molecule has 1 amide bonds. The smallest absolute Gasteiger partial charge is 0.335 e. The molecule has 0 unspecified atom stereocenters. The summed E-state index contributed by atoms with van der Waals surface area (Å²) in [6.45, 7) is 4.89. The Bertz CT molecular complexity index is 563. The van der Waals surface area contributed by atoms with Gasteiger partial charge in [0, 0.05) is 13.1 Å². The summed E-state index contributed by atoms with van der Waals surface area (Å²) in [6.07, 6.45) is 4.94. The Hall–Kier alpha value is -1.88. The fourth-order valence-corrected chi connectivity index (χ4v) is 2.89. The summed E-state index contributed by atoms with van der Waals surface area (Å²) in [5.74, 6) is -0.346. The third-order valence-corrected chi connectivity index (χ3v) is 4.50. The molecular formula is C18H26N2O3. The van der Waals surface area contributed by atoms with E-state index in [0.29, 0.717) is 12.5 Å². The molecule has 3 N–H and O–H groups in total. The quantitative estimate of drug-likeness (QED) is 0.722. The summed E-state index contributed by atoms with van der Waals surface area (Å²) in [5, 5.41) is 15.3. The van der Waals surface area contributed by atoms with E-state index in [9.17, 15) is 9.59 Å². The lowest BCUT2D eigenvalue weighted by Crippen LogP contribution is -2.53. The molecule has 0 aliphatic heterocycles. The van der Waals surface area contributed by atoms with E-state index in [1.165, 1.54) is 25.7 Å². The van der Waals surface area contributed by atoms with Crippen molar-refractivity contribution in [1.82, 2.24) is 10.6 Å². The molecule has 0 spiro atoms. The molecule has 0 atom stereocenters. The van der Waals surface area contributed by atoms with Crippen LogP contribution in [-0.4, -0.2) is 29.1 Å². The highest BCUT2D eigenvalue weighted by Gasteiger charge is 2.27. The summed E-state index contributed by atoms with van der Waals surface area (Å²) >= 11 is 0. The number of carbonyl (C=O) groups excluding carboxylic acids is 1. The van der Waals surface area contributed by atoms with Crippen LogP contribution in [0.15, 0.2) is 24.3 Å². The molecule has 0 bridgehead atoms. The zero-order chi connectivity index (χ0) is 16.9. The van der Waals surface area contributed by atoms with Gasteiger partial charge >= 0.3 is 5.97 Å². The van der Waals surface area contributed by atoms with Crippen molar-refractivity contribution in [3.8, 4) is 0 Å². The van der Waals surface area contributed by atoms with E-state index in [-0.39, 0.29) is 11.5 Å². The first-order chi connectivity index (χ1) is 10.9. The van der Waals surface area contributed by atoms with Gasteiger partial charge in [-0.1, -0.05) is 25.0 Å². The van der Waals surface area contributed by atoms with Crippen molar-refractivity contribution in [3.63, 3.8) is 0 Å². The first-order valence-electron chi connectivity index (χ1n) is 8.24. The predicted molar refractivity (Wildman–Crippen MR) is 89.3 cm³/mol. The minimum absolute atomic E-state index is 0.0150. The number of benzene rings is 1. The zero-order valence-electron chi connectivity index (χ0n) is 13.9. The van der Waals surface area contributed by atoms with Crippen molar-refractivity contribution in [1.29, 1.82) is 0 Å². The fourth-order valence-electron chi connectivity index (χ4n) is 2.89. The number of aromatic carboxylic acids is 1. The standard InChI is InChI=1S/C18H26N2O3/c1-18(2,17(23)19-11-13-6-3-4-7-13)20-12-14-8-5-9-15(10-14)16(21)22/h5,8-10,13,20H,3-4,6-7,11-12H2,1-2H3,(H,19,23)(H,21,22). The van der Waals surface area contributed by atoms with E-state index in [4.69, 9.17) is 5.11 Å². The van der Waals surface area contributed by atoms with E-state index in [1.807, 2.05) is 19.9 Å². The first kappa shape index (κ1) is 17.5. The molecule has 23 heavy (non-hydrogen) atoms. The summed E-state index contributed by atoms with van der Waals surface area (Å²) in [4.78, 5) is 23.3. The average Bonchev–Trinajstić information content (AvgIpc) is 3.04. The van der Waals surface area contributed by atoms with Crippen LogP contribution < -0.4 is 10.6 Å². The maximum Gasteiger partial charge on any atom is 0.335 e. The molecule has 1 aliphatic rings. The highest BCUT2D eigenvalue weighted by Crippen LogP contribution is 2.23. The van der Waals surface area contributed by atoms with Gasteiger partial charge in [-0.05, 0) is 50.3 Å². The number of carbonyl (C=O) groups is 2. The van der Waals surface area contributed by atoms with Crippen LogP contribution in [0.5, 0.6) is 0 Å². The van der Waals surface area contributed by atoms with Crippen molar-refractivity contribution in [2.75, 3.05) is 6.54 Å². The van der Waals surface area contributed by atoms with Crippen molar-refractivity contribution in [3.05, 3.63) is 35.4 Å². The van der Waals surface area contributed by atoms with Crippen LogP contribution in [0.4, 0.5) is 0 Å². The Morgan fingerprint density at radius 1 is 1.26 bits per heavy atom. The van der Waals surface area contributed by atoms with Gasteiger partial charge in [0.15, 0.2) is 0 Å². The Morgan fingerprint density at radius 3 is 2.61 bits per heavy atom. The molecule has 0 saturated heterocycles. The third kappa shape index (κ3) is 5.06. The number of nitrogens with one attached hydrogen (secondary N) is 2. The van der Waals surface area contributed by atoms with Gasteiger partial charge < -0.3 is 10.4 Å².